The van der Waals surface area contributed by atoms with Crippen LogP contribution in [0.25, 0.3) is 0 Å². The van der Waals surface area contributed by atoms with Gasteiger partial charge >= 0.3 is 5.97 Å². The molecule has 134 valence electrons. The summed E-state index contributed by atoms with van der Waals surface area (Å²) in [5.41, 5.74) is 0.442. The first-order valence-electron chi connectivity index (χ1n) is 8.23. The predicted octanol–water partition coefficient (Wildman–Crippen LogP) is 0.834. The van der Waals surface area contributed by atoms with Crippen molar-refractivity contribution in [2.75, 3.05) is 13.7 Å². The number of hydrogen-bond donors (Lipinski definition) is 2. The van der Waals surface area contributed by atoms with Crippen molar-refractivity contribution >= 4 is 23.6 Å². The molecule has 1 aliphatic rings. The maximum atomic E-state index is 12.1. The Morgan fingerprint density at radius 1 is 1.24 bits per heavy atom. The number of rotatable bonds is 6. The Morgan fingerprint density at radius 3 is 2.60 bits per heavy atom. The van der Waals surface area contributed by atoms with Crippen LogP contribution in [0.3, 0.4) is 0 Å². The first-order valence-corrected chi connectivity index (χ1v) is 8.23. The van der Waals surface area contributed by atoms with Gasteiger partial charge in [-0.15, -0.1) is 0 Å². The molecule has 2 rings (SSSR count). The Labute approximate surface area is 146 Å². The van der Waals surface area contributed by atoms with Crippen LogP contribution in [0.5, 0.6) is 0 Å². The van der Waals surface area contributed by atoms with E-state index in [1.165, 1.54) is 7.11 Å². The fraction of sp³-hybridized carbons (Fsp3) is 0.444. The smallest absolute Gasteiger partial charge is 0.328 e. The number of hydrogen-bond acceptors (Lipinski definition) is 5. The van der Waals surface area contributed by atoms with Gasteiger partial charge in [-0.2, -0.15) is 0 Å². The SMILES string of the molecule is COC(=O)[C@H](NC(=O)CNC(=O)c1ccccc1)[C@@H]1CCCC(=O)C1. The molecule has 2 N–H and O–H groups in total. The topological polar surface area (TPSA) is 102 Å². The van der Waals surface area contributed by atoms with Crippen molar-refractivity contribution in [3.05, 3.63) is 35.9 Å². The van der Waals surface area contributed by atoms with Gasteiger partial charge in [0.1, 0.15) is 11.8 Å². The molecular weight excluding hydrogens is 324 g/mol. The number of esters is 1. The fourth-order valence-electron chi connectivity index (χ4n) is 2.92. The van der Waals surface area contributed by atoms with E-state index in [-0.39, 0.29) is 30.6 Å². The fourth-order valence-corrected chi connectivity index (χ4v) is 2.92. The Hall–Kier alpha value is -2.70. The van der Waals surface area contributed by atoms with Crippen LogP contribution in [0.15, 0.2) is 30.3 Å². The molecule has 0 heterocycles. The maximum Gasteiger partial charge on any atom is 0.328 e. The first-order chi connectivity index (χ1) is 12.0. The molecule has 1 fully saturated rings. The van der Waals surface area contributed by atoms with Crippen molar-refractivity contribution < 1.29 is 23.9 Å². The van der Waals surface area contributed by atoms with Crippen molar-refractivity contribution in [1.82, 2.24) is 10.6 Å². The summed E-state index contributed by atoms with van der Waals surface area (Å²) in [6, 6.07) is 7.63. The van der Waals surface area contributed by atoms with Gasteiger partial charge in [0.05, 0.1) is 13.7 Å². The molecule has 0 aliphatic heterocycles. The van der Waals surface area contributed by atoms with Crippen molar-refractivity contribution in [2.24, 2.45) is 5.92 Å². The Balaban J connectivity index is 1.91. The van der Waals surface area contributed by atoms with Gasteiger partial charge in [-0.1, -0.05) is 18.2 Å². The molecule has 1 aromatic carbocycles. The molecule has 0 unspecified atom stereocenters. The summed E-state index contributed by atoms with van der Waals surface area (Å²) < 4.78 is 4.74. The lowest BCUT2D eigenvalue weighted by Gasteiger charge is -2.28. The number of carbonyl (C=O) groups is 4. The second-order valence-electron chi connectivity index (χ2n) is 6.01. The molecule has 0 saturated heterocycles. The van der Waals surface area contributed by atoms with Crippen LogP contribution in [-0.2, 0) is 19.1 Å². The number of Topliss-reactive ketones (excluding diaryl/α,β-unsaturated/α-hetero) is 1. The maximum absolute atomic E-state index is 12.1. The number of ether oxygens (including phenoxy) is 1. The van der Waals surface area contributed by atoms with E-state index >= 15 is 0 Å². The molecule has 0 spiro atoms. The highest BCUT2D eigenvalue weighted by molar-refractivity contribution is 5.97. The second kappa shape index (κ2) is 8.96. The van der Waals surface area contributed by atoms with E-state index in [0.29, 0.717) is 24.8 Å². The van der Waals surface area contributed by atoms with Crippen LogP contribution in [0.1, 0.15) is 36.0 Å². The summed E-state index contributed by atoms with van der Waals surface area (Å²) in [6.07, 6.45) is 2.11. The summed E-state index contributed by atoms with van der Waals surface area (Å²) in [6.45, 7) is -0.262. The Bertz CT molecular complexity index is 644. The van der Waals surface area contributed by atoms with Gasteiger partial charge in [0.15, 0.2) is 0 Å². The largest absolute Gasteiger partial charge is 0.467 e. The molecule has 25 heavy (non-hydrogen) atoms. The van der Waals surface area contributed by atoms with E-state index in [0.717, 1.165) is 0 Å². The van der Waals surface area contributed by atoms with E-state index in [9.17, 15) is 19.2 Å². The summed E-state index contributed by atoms with van der Waals surface area (Å²) in [5.74, 6) is -1.65. The number of ketones is 1. The van der Waals surface area contributed by atoms with E-state index in [2.05, 4.69) is 10.6 Å². The minimum atomic E-state index is -0.879. The van der Waals surface area contributed by atoms with Crippen LogP contribution in [0, 0.1) is 5.92 Å². The summed E-state index contributed by atoms with van der Waals surface area (Å²) in [5, 5.41) is 5.09. The lowest BCUT2D eigenvalue weighted by Crippen LogP contribution is -2.50. The summed E-state index contributed by atoms with van der Waals surface area (Å²) in [7, 11) is 1.24. The van der Waals surface area contributed by atoms with Gasteiger partial charge in [-0.3, -0.25) is 14.4 Å². The van der Waals surface area contributed by atoms with Crippen molar-refractivity contribution in [3.8, 4) is 0 Å². The normalized spacial score (nSPS) is 18.1. The van der Waals surface area contributed by atoms with Gasteiger partial charge in [0.25, 0.3) is 5.91 Å². The van der Waals surface area contributed by atoms with Crippen LogP contribution < -0.4 is 10.6 Å². The minimum Gasteiger partial charge on any atom is -0.467 e. The zero-order valence-corrected chi connectivity index (χ0v) is 14.1. The molecule has 1 aliphatic carbocycles. The molecule has 0 bridgehead atoms. The minimum absolute atomic E-state index is 0.0804. The van der Waals surface area contributed by atoms with E-state index < -0.39 is 17.9 Å². The van der Waals surface area contributed by atoms with Gasteiger partial charge in [0.2, 0.25) is 5.91 Å². The zero-order chi connectivity index (χ0) is 18.2. The third kappa shape index (κ3) is 5.41. The third-order valence-electron chi connectivity index (χ3n) is 4.21. The number of benzene rings is 1. The molecule has 1 aromatic rings. The zero-order valence-electron chi connectivity index (χ0n) is 14.1. The van der Waals surface area contributed by atoms with Gasteiger partial charge in [-0.05, 0) is 30.9 Å². The highest BCUT2D eigenvalue weighted by atomic mass is 16.5. The van der Waals surface area contributed by atoms with Crippen LogP contribution in [0.2, 0.25) is 0 Å². The quantitative estimate of drug-likeness (QED) is 0.743. The highest BCUT2D eigenvalue weighted by Crippen LogP contribution is 2.25. The van der Waals surface area contributed by atoms with Crippen molar-refractivity contribution in [2.45, 2.75) is 31.7 Å². The van der Waals surface area contributed by atoms with E-state index in [1.54, 1.807) is 30.3 Å². The average Bonchev–Trinajstić information content (AvgIpc) is 2.64. The molecule has 0 aromatic heterocycles. The summed E-state index contributed by atoms with van der Waals surface area (Å²) >= 11 is 0. The molecule has 0 radical (unpaired) electrons. The monoisotopic (exact) mass is 346 g/mol. The van der Waals surface area contributed by atoms with Gasteiger partial charge in [-0.25, -0.2) is 4.79 Å². The van der Waals surface area contributed by atoms with Gasteiger partial charge in [0, 0.05) is 18.4 Å². The molecule has 7 heteroatoms. The summed E-state index contributed by atoms with van der Waals surface area (Å²) in [4.78, 5) is 47.7. The number of nitrogens with one attached hydrogen (secondary N) is 2. The second-order valence-corrected chi connectivity index (χ2v) is 6.01. The average molecular weight is 346 g/mol. The molecule has 7 nitrogen and oxygen atoms in total. The first kappa shape index (κ1) is 18.6. The number of carbonyl (C=O) groups excluding carboxylic acids is 4. The van der Waals surface area contributed by atoms with Crippen LogP contribution in [0.4, 0.5) is 0 Å². The molecule has 1 saturated carbocycles. The van der Waals surface area contributed by atoms with Crippen molar-refractivity contribution in [1.29, 1.82) is 0 Å². The van der Waals surface area contributed by atoms with Crippen molar-refractivity contribution in [3.63, 3.8) is 0 Å². The van der Waals surface area contributed by atoms with E-state index in [1.807, 2.05) is 0 Å². The molecular formula is C18H22N2O5. The Kier molecular flexibility index (Phi) is 6.68. The molecule has 2 amide bonds. The van der Waals surface area contributed by atoms with Crippen LogP contribution in [-0.4, -0.2) is 43.3 Å². The van der Waals surface area contributed by atoms with E-state index in [4.69, 9.17) is 4.74 Å². The number of methoxy groups -OCH3 is 1. The third-order valence-corrected chi connectivity index (χ3v) is 4.21. The lowest BCUT2D eigenvalue weighted by atomic mass is 9.83. The number of amides is 2. The van der Waals surface area contributed by atoms with Gasteiger partial charge < -0.3 is 15.4 Å². The lowest BCUT2D eigenvalue weighted by molar-refractivity contribution is -0.147. The predicted molar refractivity (Wildman–Crippen MR) is 89.7 cm³/mol. The standard InChI is InChI=1S/C18H22N2O5/c1-25-18(24)16(13-8-5-9-14(21)10-13)20-15(22)11-19-17(23)12-6-3-2-4-7-12/h2-4,6-7,13,16H,5,8-11H2,1H3,(H,19,23)(H,20,22)/t13-,16-/m1/s1. The Morgan fingerprint density at radius 2 is 1.96 bits per heavy atom. The molecule has 2 atom stereocenters. The van der Waals surface area contributed by atoms with Crippen LogP contribution >= 0.6 is 0 Å². The highest BCUT2D eigenvalue weighted by Gasteiger charge is 2.34.